The van der Waals surface area contributed by atoms with Gasteiger partial charge in [0.25, 0.3) is 0 Å². The van der Waals surface area contributed by atoms with E-state index in [1.807, 2.05) is 67.6 Å². The number of ether oxygens (including phenoxy) is 3. The number of nitrogens with zero attached hydrogens (tertiary/aromatic N) is 1. The van der Waals surface area contributed by atoms with Crippen LogP contribution in [0.1, 0.15) is 26.7 Å². The minimum absolute atomic E-state index is 0.0647. The molecule has 166 valence electrons. The number of benzene rings is 2. The van der Waals surface area contributed by atoms with Gasteiger partial charge in [-0.15, -0.1) is 0 Å². The number of aromatic nitrogens is 1. The SMILES string of the molecule is CC(=O)NC(C)COc1ccc(-c2ccc(Oc3cccc(OCC4CC4)c3)cc2)nc1. The molecule has 6 nitrogen and oxygen atoms in total. The van der Waals surface area contributed by atoms with E-state index in [-0.39, 0.29) is 11.9 Å². The van der Waals surface area contributed by atoms with Crippen molar-refractivity contribution >= 4 is 5.91 Å². The molecule has 0 aliphatic heterocycles. The average Bonchev–Trinajstić information content (AvgIpc) is 3.62. The fourth-order valence-electron chi connectivity index (χ4n) is 3.20. The Morgan fingerprint density at radius 2 is 1.75 bits per heavy atom. The molecular weight excluding hydrogens is 404 g/mol. The molecule has 1 saturated carbocycles. The van der Waals surface area contributed by atoms with Gasteiger partial charge in [0.05, 0.1) is 24.5 Å². The first kappa shape index (κ1) is 21.7. The second-order valence-electron chi connectivity index (χ2n) is 8.15. The highest BCUT2D eigenvalue weighted by atomic mass is 16.5. The predicted octanol–water partition coefficient (Wildman–Crippen LogP) is 5.23. The van der Waals surface area contributed by atoms with E-state index in [1.54, 1.807) is 6.20 Å². The molecule has 6 heteroatoms. The average molecular weight is 433 g/mol. The zero-order valence-electron chi connectivity index (χ0n) is 18.4. The van der Waals surface area contributed by atoms with Crippen molar-refractivity contribution < 1.29 is 19.0 Å². The Hall–Kier alpha value is -3.54. The van der Waals surface area contributed by atoms with E-state index < -0.39 is 0 Å². The molecule has 2 aromatic carbocycles. The van der Waals surface area contributed by atoms with Crippen molar-refractivity contribution in [3.63, 3.8) is 0 Å². The lowest BCUT2D eigenvalue weighted by Crippen LogP contribution is -2.35. The Balaban J connectivity index is 1.32. The molecule has 3 aromatic rings. The van der Waals surface area contributed by atoms with E-state index in [0.29, 0.717) is 18.3 Å². The summed E-state index contributed by atoms with van der Waals surface area (Å²) in [5, 5.41) is 2.79. The molecule has 0 bridgehead atoms. The van der Waals surface area contributed by atoms with Crippen molar-refractivity contribution in [2.24, 2.45) is 5.92 Å². The van der Waals surface area contributed by atoms with Crippen LogP contribution in [0.4, 0.5) is 0 Å². The number of hydrogen-bond acceptors (Lipinski definition) is 5. The number of hydrogen-bond donors (Lipinski definition) is 1. The lowest BCUT2D eigenvalue weighted by molar-refractivity contribution is -0.119. The Kier molecular flexibility index (Phi) is 6.90. The van der Waals surface area contributed by atoms with Crippen molar-refractivity contribution in [1.82, 2.24) is 10.3 Å². The zero-order valence-corrected chi connectivity index (χ0v) is 18.4. The van der Waals surface area contributed by atoms with Crippen LogP contribution in [0.2, 0.25) is 0 Å². The highest BCUT2D eigenvalue weighted by molar-refractivity contribution is 5.73. The van der Waals surface area contributed by atoms with Gasteiger partial charge in [-0.1, -0.05) is 6.07 Å². The highest BCUT2D eigenvalue weighted by Crippen LogP contribution is 2.31. The Bertz CT molecular complexity index is 1030. The molecule has 1 N–H and O–H groups in total. The van der Waals surface area contributed by atoms with Crippen LogP contribution >= 0.6 is 0 Å². The standard InChI is InChI=1S/C26H28N2O4/c1-18(28-19(2)29)16-30-25-12-13-26(27-15-25)21-8-10-22(11-9-21)32-24-5-3-4-23(14-24)31-17-20-6-7-20/h3-5,8-15,18,20H,6-7,16-17H2,1-2H3,(H,28,29). The smallest absolute Gasteiger partial charge is 0.217 e. The summed E-state index contributed by atoms with van der Waals surface area (Å²) in [4.78, 5) is 15.5. The van der Waals surface area contributed by atoms with E-state index in [1.165, 1.54) is 19.8 Å². The Morgan fingerprint density at radius 3 is 2.44 bits per heavy atom. The van der Waals surface area contributed by atoms with Crippen LogP contribution in [0, 0.1) is 5.92 Å². The quantitative estimate of drug-likeness (QED) is 0.475. The van der Waals surface area contributed by atoms with Gasteiger partial charge < -0.3 is 19.5 Å². The van der Waals surface area contributed by atoms with Gasteiger partial charge in [0.15, 0.2) is 0 Å². The summed E-state index contributed by atoms with van der Waals surface area (Å²) in [6.07, 6.45) is 4.23. The predicted molar refractivity (Wildman–Crippen MR) is 123 cm³/mol. The van der Waals surface area contributed by atoms with Gasteiger partial charge in [-0.3, -0.25) is 9.78 Å². The summed E-state index contributed by atoms with van der Waals surface area (Å²) < 4.78 is 17.5. The maximum absolute atomic E-state index is 11.1. The minimum Gasteiger partial charge on any atom is -0.493 e. The van der Waals surface area contributed by atoms with Gasteiger partial charge in [-0.2, -0.15) is 0 Å². The molecule has 32 heavy (non-hydrogen) atoms. The fourth-order valence-corrected chi connectivity index (χ4v) is 3.20. The van der Waals surface area contributed by atoms with Crippen molar-refractivity contribution in [3.8, 4) is 34.3 Å². The van der Waals surface area contributed by atoms with Gasteiger partial charge in [-0.25, -0.2) is 0 Å². The van der Waals surface area contributed by atoms with E-state index >= 15 is 0 Å². The molecule has 1 atom stereocenters. The van der Waals surface area contributed by atoms with E-state index in [9.17, 15) is 4.79 Å². The number of amides is 1. The summed E-state index contributed by atoms with van der Waals surface area (Å²) in [5.41, 5.74) is 1.83. The number of nitrogens with one attached hydrogen (secondary N) is 1. The molecule has 1 unspecified atom stereocenters. The van der Waals surface area contributed by atoms with E-state index in [0.717, 1.165) is 35.1 Å². The third-order valence-corrected chi connectivity index (χ3v) is 5.06. The van der Waals surface area contributed by atoms with Gasteiger partial charge in [0.1, 0.15) is 29.6 Å². The maximum Gasteiger partial charge on any atom is 0.217 e. The molecule has 1 fully saturated rings. The van der Waals surface area contributed by atoms with Crippen LogP contribution < -0.4 is 19.5 Å². The lowest BCUT2D eigenvalue weighted by Gasteiger charge is -2.13. The zero-order chi connectivity index (χ0) is 22.3. The van der Waals surface area contributed by atoms with Crippen LogP contribution in [0.15, 0.2) is 66.9 Å². The van der Waals surface area contributed by atoms with Crippen molar-refractivity contribution in [1.29, 1.82) is 0 Å². The molecule has 1 aliphatic carbocycles. The summed E-state index contributed by atoms with van der Waals surface area (Å²) in [6, 6.07) is 19.3. The van der Waals surface area contributed by atoms with Crippen LogP contribution in [0.3, 0.4) is 0 Å². The van der Waals surface area contributed by atoms with Crippen LogP contribution in [-0.4, -0.2) is 30.1 Å². The molecule has 4 rings (SSSR count). The summed E-state index contributed by atoms with van der Waals surface area (Å²) in [6.45, 7) is 4.55. The van der Waals surface area contributed by atoms with Crippen LogP contribution in [0.25, 0.3) is 11.3 Å². The van der Waals surface area contributed by atoms with E-state index in [2.05, 4.69) is 10.3 Å². The first-order valence-electron chi connectivity index (χ1n) is 10.9. The summed E-state index contributed by atoms with van der Waals surface area (Å²) in [5.74, 6) is 3.64. The Morgan fingerprint density at radius 1 is 1.00 bits per heavy atom. The molecular formula is C26H28N2O4. The summed E-state index contributed by atoms with van der Waals surface area (Å²) in [7, 11) is 0. The molecule has 0 spiro atoms. The lowest BCUT2D eigenvalue weighted by atomic mass is 10.1. The second kappa shape index (κ2) is 10.2. The Labute approximate surface area is 188 Å². The number of carbonyl (C=O) groups is 1. The molecule has 1 heterocycles. The maximum atomic E-state index is 11.1. The van der Waals surface area contributed by atoms with Gasteiger partial charge >= 0.3 is 0 Å². The van der Waals surface area contributed by atoms with E-state index in [4.69, 9.17) is 14.2 Å². The number of pyridine rings is 1. The first-order chi connectivity index (χ1) is 15.5. The third-order valence-electron chi connectivity index (χ3n) is 5.06. The van der Waals surface area contributed by atoms with Crippen LogP contribution in [-0.2, 0) is 4.79 Å². The highest BCUT2D eigenvalue weighted by Gasteiger charge is 2.21. The largest absolute Gasteiger partial charge is 0.493 e. The molecule has 1 aliphatic rings. The van der Waals surface area contributed by atoms with Crippen molar-refractivity contribution in [2.75, 3.05) is 13.2 Å². The van der Waals surface area contributed by atoms with Gasteiger partial charge in [-0.05, 0) is 74.2 Å². The molecule has 1 aromatic heterocycles. The topological polar surface area (TPSA) is 69.7 Å². The van der Waals surface area contributed by atoms with Gasteiger partial charge in [0, 0.05) is 18.6 Å². The van der Waals surface area contributed by atoms with Crippen LogP contribution in [0.5, 0.6) is 23.0 Å². The second-order valence-corrected chi connectivity index (χ2v) is 8.15. The monoisotopic (exact) mass is 432 g/mol. The molecule has 1 amide bonds. The van der Waals surface area contributed by atoms with Gasteiger partial charge in [0.2, 0.25) is 5.91 Å². The number of rotatable bonds is 10. The molecule has 0 radical (unpaired) electrons. The van der Waals surface area contributed by atoms with Crippen molar-refractivity contribution in [3.05, 3.63) is 66.9 Å². The minimum atomic E-state index is -0.0726. The molecule has 0 saturated heterocycles. The third kappa shape index (κ3) is 6.48. The van der Waals surface area contributed by atoms with Crippen molar-refractivity contribution in [2.45, 2.75) is 32.7 Å². The fraction of sp³-hybridized carbons (Fsp3) is 0.308. The normalized spacial score (nSPS) is 13.8. The number of carbonyl (C=O) groups excluding carboxylic acids is 1. The first-order valence-corrected chi connectivity index (χ1v) is 10.9. The summed E-state index contributed by atoms with van der Waals surface area (Å²) >= 11 is 0.